The summed E-state index contributed by atoms with van der Waals surface area (Å²) in [4.78, 5) is 16.8. The summed E-state index contributed by atoms with van der Waals surface area (Å²) in [5.74, 6) is 0.310. The lowest BCUT2D eigenvalue weighted by Crippen LogP contribution is -2.15. The van der Waals surface area contributed by atoms with E-state index in [2.05, 4.69) is 37.9 Å². The maximum atomic E-state index is 12.4. The zero-order valence-electron chi connectivity index (χ0n) is 15.9. The Morgan fingerprint density at radius 1 is 1.10 bits per heavy atom. The fourth-order valence-corrected chi connectivity index (χ4v) is 4.61. The Morgan fingerprint density at radius 2 is 1.90 bits per heavy atom. The first-order chi connectivity index (χ1) is 14.7. The molecule has 5 aromatic rings. The van der Waals surface area contributed by atoms with Crippen molar-refractivity contribution < 1.29 is 4.79 Å². The van der Waals surface area contributed by atoms with E-state index >= 15 is 0 Å². The summed E-state index contributed by atoms with van der Waals surface area (Å²) in [5, 5.41) is 13.9. The van der Waals surface area contributed by atoms with E-state index in [-0.39, 0.29) is 11.7 Å². The Hall–Kier alpha value is -3.30. The van der Waals surface area contributed by atoms with Crippen molar-refractivity contribution in [2.45, 2.75) is 12.1 Å². The summed E-state index contributed by atoms with van der Waals surface area (Å²) < 4.78 is 6.22. The molecule has 0 unspecified atom stereocenters. The maximum Gasteiger partial charge on any atom is 0.241 e. The number of aryl methyl sites for hydroxylation is 1. The Labute approximate surface area is 180 Å². The largest absolute Gasteiger partial charge is 0.293 e. The Kier molecular flexibility index (Phi) is 4.89. The number of para-hydroxylation sites is 1. The lowest BCUT2D eigenvalue weighted by atomic mass is 10.1. The van der Waals surface area contributed by atoms with E-state index in [0.717, 1.165) is 32.7 Å². The molecule has 148 valence electrons. The number of thioether (sulfide) groups is 1. The number of carbonyl (C=O) groups excluding carboxylic acids is 1. The van der Waals surface area contributed by atoms with Crippen molar-refractivity contribution in [3.05, 3.63) is 66.2 Å². The van der Waals surface area contributed by atoms with Crippen LogP contribution in [0.15, 0.2) is 65.8 Å². The van der Waals surface area contributed by atoms with Crippen molar-refractivity contribution in [1.29, 1.82) is 0 Å². The number of aromatic nitrogens is 5. The van der Waals surface area contributed by atoms with Gasteiger partial charge in [-0.15, -0.1) is 10.2 Å². The summed E-state index contributed by atoms with van der Waals surface area (Å²) in [5.41, 5.74) is 3.91. The molecule has 1 amide bonds. The molecule has 0 atom stereocenters. The van der Waals surface area contributed by atoms with Gasteiger partial charge in [0, 0.05) is 10.9 Å². The van der Waals surface area contributed by atoms with Crippen LogP contribution in [0.4, 0.5) is 5.95 Å². The molecule has 0 radical (unpaired) electrons. The summed E-state index contributed by atoms with van der Waals surface area (Å²) in [6.45, 7) is 2.06. The number of rotatable bonds is 5. The summed E-state index contributed by atoms with van der Waals surface area (Å²) in [6, 6.07) is 19.9. The minimum absolute atomic E-state index is 0.183. The lowest BCUT2D eigenvalue weighted by molar-refractivity contribution is -0.113. The predicted molar refractivity (Wildman–Crippen MR) is 120 cm³/mol. The molecule has 0 fully saturated rings. The first-order valence-electron chi connectivity index (χ1n) is 9.24. The molecule has 0 spiro atoms. The van der Waals surface area contributed by atoms with E-state index in [1.54, 1.807) is 0 Å². The Balaban J connectivity index is 1.32. The van der Waals surface area contributed by atoms with Crippen molar-refractivity contribution >= 4 is 51.7 Å². The van der Waals surface area contributed by atoms with Gasteiger partial charge in [0.05, 0.1) is 11.3 Å². The van der Waals surface area contributed by atoms with Crippen molar-refractivity contribution in [3.8, 4) is 10.6 Å². The van der Waals surface area contributed by atoms with Crippen molar-refractivity contribution in [2.75, 3.05) is 11.1 Å². The van der Waals surface area contributed by atoms with Crippen LogP contribution in [0, 0.1) is 6.92 Å². The molecular formula is C21H16N6OS2. The van der Waals surface area contributed by atoms with Gasteiger partial charge in [-0.1, -0.05) is 60.3 Å². The molecule has 7 nitrogen and oxygen atoms in total. The van der Waals surface area contributed by atoms with Gasteiger partial charge in [-0.25, -0.2) is 0 Å². The van der Waals surface area contributed by atoms with Crippen molar-refractivity contribution in [3.63, 3.8) is 0 Å². The van der Waals surface area contributed by atoms with Gasteiger partial charge in [-0.2, -0.15) is 9.36 Å². The topological polar surface area (TPSA) is 85.1 Å². The van der Waals surface area contributed by atoms with Gasteiger partial charge in [-0.05, 0) is 36.2 Å². The third-order valence-corrected chi connectivity index (χ3v) is 6.30. The SMILES string of the molecule is Cc1cc2nnc(SCC(=O)Nc3nsc(-c4ccccc4)n3)n2c2ccccc12. The standard InChI is InChI=1S/C21H16N6OS2/c1-13-11-17-24-25-21(27(17)16-10-6-5-9-15(13)16)29-12-18(28)22-20-23-19(30-26-20)14-7-3-2-4-8-14/h2-11H,12H2,1H3,(H,22,26,28). The molecule has 0 aliphatic carbocycles. The van der Waals surface area contributed by atoms with Crippen LogP contribution in [-0.4, -0.2) is 35.6 Å². The van der Waals surface area contributed by atoms with E-state index in [9.17, 15) is 4.79 Å². The van der Waals surface area contributed by atoms with Crippen LogP contribution in [0.5, 0.6) is 0 Å². The van der Waals surface area contributed by atoms with Gasteiger partial charge in [0.25, 0.3) is 0 Å². The average molecular weight is 433 g/mol. The number of hydrogen-bond donors (Lipinski definition) is 1. The molecule has 1 N–H and O–H groups in total. The summed E-state index contributed by atoms with van der Waals surface area (Å²) in [6.07, 6.45) is 0. The van der Waals surface area contributed by atoms with Crippen LogP contribution in [0.3, 0.4) is 0 Å². The molecule has 0 saturated carbocycles. The van der Waals surface area contributed by atoms with Crippen molar-refractivity contribution in [2.24, 2.45) is 0 Å². The van der Waals surface area contributed by atoms with Crippen LogP contribution in [0.25, 0.3) is 27.1 Å². The first-order valence-corrected chi connectivity index (χ1v) is 11.0. The molecular weight excluding hydrogens is 416 g/mol. The lowest BCUT2D eigenvalue weighted by Gasteiger charge is -2.07. The smallest absolute Gasteiger partial charge is 0.241 e. The minimum Gasteiger partial charge on any atom is -0.293 e. The van der Waals surface area contributed by atoms with E-state index in [1.807, 2.05) is 59.0 Å². The summed E-state index contributed by atoms with van der Waals surface area (Å²) >= 11 is 2.59. The highest BCUT2D eigenvalue weighted by Crippen LogP contribution is 2.26. The van der Waals surface area contributed by atoms with Crippen LogP contribution in [-0.2, 0) is 4.79 Å². The van der Waals surface area contributed by atoms with Crippen LogP contribution < -0.4 is 5.32 Å². The number of fused-ring (bicyclic) bond motifs is 3. The number of anilines is 1. The van der Waals surface area contributed by atoms with Gasteiger partial charge in [0.15, 0.2) is 10.8 Å². The molecule has 9 heteroatoms. The molecule has 3 heterocycles. The fraction of sp³-hybridized carbons (Fsp3) is 0.0952. The average Bonchev–Trinajstić information content (AvgIpc) is 3.40. The highest BCUT2D eigenvalue weighted by atomic mass is 32.2. The highest BCUT2D eigenvalue weighted by molar-refractivity contribution is 7.99. The highest BCUT2D eigenvalue weighted by Gasteiger charge is 2.14. The van der Waals surface area contributed by atoms with Gasteiger partial charge in [-0.3, -0.25) is 14.5 Å². The molecule has 2 aromatic carbocycles. The second-order valence-corrected chi connectivity index (χ2v) is 8.34. The fourth-order valence-electron chi connectivity index (χ4n) is 3.23. The maximum absolute atomic E-state index is 12.4. The van der Waals surface area contributed by atoms with Gasteiger partial charge in [0.1, 0.15) is 5.01 Å². The molecule has 0 saturated heterocycles. The van der Waals surface area contributed by atoms with E-state index in [4.69, 9.17) is 0 Å². The monoisotopic (exact) mass is 432 g/mol. The number of nitrogens with one attached hydrogen (secondary N) is 1. The van der Waals surface area contributed by atoms with Crippen molar-refractivity contribution in [1.82, 2.24) is 24.0 Å². The van der Waals surface area contributed by atoms with Gasteiger partial charge >= 0.3 is 0 Å². The number of hydrogen-bond acceptors (Lipinski definition) is 7. The Bertz CT molecular complexity index is 1360. The molecule has 5 rings (SSSR count). The second kappa shape index (κ2) is 7.85. The van der Waals surface area contributed by atoms with Crippen LogP contribution in [0.1, 0.15) is 5.56 Å². The Morgan fingerprint density at radius 3 is 2.77 bits per heavy atom. The first kappa shape index (κ1) is 18.7. The second-order valence-electron chi connectivity index (χ2n) is 6.65. The number of nitrogens with zero attached hydrogens (tertiary/aromatic N) is 5. The van der Waals surface area contributed by atoms with E-state index < -0.39 is 0 Å². The number of amides is 1. The van der Waals surface area contributed by atoms with Crippen LogP contribution in [0.2, 0.25) is 0 Å². The predicted octanol–water partition coefficient (Wildman–Crippen LogP) is 4.44. The quantitative estimate of drug-likeness (QED) is 0.413. The third-order valence-electron chi connectivity index (χ3n) is 4.60. The molecule has 3 aromatic heterocycles. The zero-order chi connectivity index (χ0) is 20.5. The van der Waals surface area contributed by atoms with E-state index in [1.165, 1.54) is 23.3 Å². The van der Waals surface area contributed by atoms with E-state index in [0.29, 0.717) is 11.1 Å². The third kappa shape index (κ3) is 3.53. The molecule has 30 heavy (non-hydrogen) atoms. The normalized spacial score (nSPS) is 11.2. The van der Waals surface area contributed by atoms with Gasteiger partial charge < -0.3 is 0 Å². The number of benzene rings is 2. The van der Waals surface area contributed by atoms with Crippen LogP contribution >= 0.6 is 23.3 Å². The molecule has 0 bridgehead atoms. The number of carbonyl (C=O) groups is 1. The summed E-state index contributed by atoms with van der Waals surface area (Å²) in [7, 11) is 0. The molecule has 0 aliphatic rings. The number of pyridine rings is 1. The zero-order valence-corrected chi connectivity index (χ0v) is 17.6. The molecule has 0 aliphatic heterocycles. The minimum atomic E-state index is -0.189. The van der Waals surface area contributed by atoms with Gasteiger partial charge in [0.2, 0.25) is 11.9 Å².